The van der Waals surface area contributed by atoms with E-state index in [9.17, 15) is 9.18 Å². The van der Waals surface area contributed by atoms with Crippen molar-refractivity contribution in [3.63, 3.8) is 0 Å². The number of ether oxygens (including phenoxy) is 1. The molecule has 3 atom stereocenters. The standard InChI is InChI=1S/C32H46BFN2O4/c1-29(2,3)38-28(37)36(22-24-21-35(9)20-19-27(24)23-15-17-26(34)18-16-23)32(8,25-13-11-10-12-14-25)33-39-30(4,5)31(6,7)40-33/h10-18,24,27H,19-22H2,1-9H3/t24-,27-,32+/m0/s1. The van der Waals surface area contributed by atoms with Gasteiger partial charge in [0, 0.05) is 13.1 Å². The number of carbonyl (C=O) groups is 1. The number of rotatable bonds is 6. The number of likely N-dealkylation sites (tertiary alicyclic amines) is 1. The van der Waals surface area contributed by atoms with Crippen LogP contribution in [0.3, 0.4) is 0 Å². The molecule has 0 bridgehead atoms. The second kappa shape index (κ2) is 11.1. The second-order valence-corrected chi connectivity index (χ2v) is 13.7. The first-order valence-corrected chi connectivity index (χ1v) is 14.4. The highest BCUT2D eigenvalue weighted by atomic mass is 19.1. The van der Waals surface area contributed by atoms with Gasteiger partial charge in [-0.3, -0.25) is 4.90 Å². The van der Waals surface area contributed by atoms with E-state index < -0.39 is 35.5 Å². The molecule has 2 fully saturated rings. The minimum Gasteiger partial charge on any atom is -0.444 e. The molecule has 0 aliphatic carbocycles. The molecule has 0 saturated carbocycles. The van der Waals surface area contributed by atoms with Crippen LogP contribution >= 0.6 is 0 Å². The Morgan fingerprint density at radius 2 is 1.60 bits per heavy atom. The van der Waals surface area contributed by atoms with Crippen LogP contribution in [-0.4, -0.2) is 66.5 Å². The number of carbonyl (C=O) groups excluding carboxylic acids is 1. The van der Waals surface area contributed by atoms with E-state index in [1.54, 1.807) is 0 Å². The van der Waals surface area contributed by atoms with Gasteiger partial charge in [0.2, 0.25) is 0 Å². The van der Waals surface area contributed by atoms with E-state index in [0.717, 1.165) is 30.6 Å². The van der Waals surface area contributed by atoms with E-state index in [1.807, 2.05) is 103 Å². The van der Waals surface area contributed by atoms with Gasteiger partial charge in [0.25, 0.3) is 0 Å². The molecular formula is C32H46BFN2O4. The summed E-state index contributed by atoms with van der Waals surface area (Å²) in [6, 6.07) is 16.8. The topological polar surface area (TPSA) is 51.2 Å². The van der Waals surface area contributed by atoms with Gasteiger partial charge in [0.15, 0.2) is 0 Å². The second-order valence-electron chi connectivity index (χ2n) is 13.7. The Morgan fingerprint density at radius 3 is 2.15 bits per heavy atom. The highest BCUT2D eigenvalue weighted by molar-refractivity contribution is 6.49. The molecule has 2 aromatic carbocycles. The third kappa shape index (κ3) is 6.24. The molecule has 2 aliphatic rings. The summed E-state index contributed by atoms with van der Waals surface area (Å²) in [5, 5.41) is 0. The van der Waals surface area contributed by atoms with Crippen LogP contribution in [0.4, 0.5) is 9.18 Å². The van der Waals surface area contributed by atoms with Crippen LogP contribution in [0.2, 0.25) is 0 Å². The van der Waals surface area contributed by atoms with Crippen molar-refractivity contribution < 1.29 is 23.2 Å². The number of piperidine rings is 1. The average Bonchev–Trinajstić information content (AvgIpc) is 3.09. The van der Waals surface area contributed by atoms with Crippen LogP contribution in [-0.2, 0) is 19.5 Å². The Labute approximate surface area is 240 Å². The van der Waals surface area contributed by atoms with Crippen molar-refractivity contribution in [3.8, 4) is 0 Å². The van der Waals surface area contributed by atoms with E-state index in [0.29, 0.717) is 6.54 Å². The zero-order chi connectivity index (χ0) is 29.5. The molecule has 2 aromatic rings. The fourth-order valence-corrected chi connectivity index (χ4v) is 5.82. The molecule has 6 nitrogen and oxygen atoms in total. The lowest BCUT2D eigenvalue weighted by atomic mass is 9.60. The fraction of sp³-hybridized carbons (Fsp3) is 0.594. The number of hydrogen-bond donors (Lipinski definition) is 0. The van der Waals surface area contributed by atoms with Gasteiger partial charge in [-0.15, -0.1) is 0 Å². The molecule has 218 valence electrons. The van der Waals surface area contributed by atoms with Gasteiger partial charge in [-0.1, -0.05) is 42.5 Å². The first-order chi connectivity index (χ1) is 18.5. The van der Waals surface area contributed by atoms with E-state index in [4.69, 9.17) is 14.0 Å². The molecule has 4 rings (SSSR count). The van der Waals surface area contributed by atoms with E-state index in [1.165, 1.54) is 12.1 Å². The Kier molecular flexibility index (Phi) is 8.48. The molecule has 0 aromatic heterocycles. The van der Waals surface area contributed by atoms with Crippen LogP contribution in [0, 0.1) is 11.7 Å². The summed E-state index contributed by atoms with van der Waals surface area (Å²) in [5.74, 6) is -0.0248. The molecule has 40 heavy (non-hydrogen) atoms. The lowest BCUT2D eigenvalue weighted by Crippen LogP contribution is -2.61. The van der Waals surface area contributed by atoms with Crippen molar-refractivity contribution in [3.05, 3.63) is 71.5 Å². The molecule has 0 radical (unpaired) electrons. The zero-order valence-corrected chi connectivity index (χ0v) is 25.7. The maximum atomic E-state index is 14.2. The number of nitrogens with zero attached hydrogens (tertiary/aromatic N) is 2. The van der Waals surface area contributed by atoms with Gasteiger partial charge in [-0.25, -0.2) is 9.18 Å². The Balaban J connectivity index is 1.82. The Hall–Kier alpha value is -2.42. The van der Waals surface area contributed by atoms with Gasteiger partial charge in [-0.05, 0) is 110 Å². The highest BCUT2D eigenvalue weighted by Gasteiger charge is 2.62. The van der Waals surface area contributed by atoms with Gasteiger partial charge >= 0.3 is 13.2 Å². The molecule has 2 heterocycles. The summed E-state index contributed by atoms with van der Waals surface area (Å²) >= 11 is 0. The summed E-state index contributed by atoms with van der Waals surface area (Å²) in [7, 11) is 1.37. The highest BCUT2D eigenvalue weighted by Crippen LogP contribution is 2.46. The molecule has 8 heteroatoms. The smallest absolute Gasteiger partial charge is 0.444 e. The quantitative estimate of drug-likeness (QED) is 0.376. The summed E-state index contributed by atoms with van der Waals surface area (Å²) < 4.78 is 33.2. The average molecular weight is 553 g/mol. The summed E-state index contributed by atoms with van der Waals surface area (Å²) in [5.41, 5.74) is -0.882. The zero-order valence-electron chi connectivity index (χ0n) is 25.7. The van der Waals surface area contributed by atoms with Crippen molar-refractivity contribution in [2.75, 3.05) is 26.7 Å². The Bertz CT molecular complexity index is 1150. The van der Waals surface area contributed by atoms with Gasteiger partial charge in [0.1, 0.15) is 16.9 Å². The van der Waals surface area contributed by atoms with Crippen molar-refractivity contribution in [2.45, 2.75) is 90.0 Å². The predicted octanol–water partition coefficient (Wildman–Crippen LogP) is 6.64. The molecule has 0 unspecified atom stereocenters. The van der Waals surface area contributed by atoms with Crippen LogP contribution in [0.5, 0.6) is 0 Å². The maximum Gasteiger partial charge on any atom is 0.490 e. The van der Waals surface area contributed by atoms with Crippen molar-refractivity contribution in [1.82, 2.24) is 9.80 Å². The Morgan fingerprint density at radius 1 is 1.02 bits per heavy atom. The van der Waals surface area contributed by atoms with E-state index >= 15 is 0 Å². The largest absolute Gasteiger partial charge is 0.490 e. The minimum absolute atomic E-state index is 0.0715. The molecule has 1 amide bonds. The lowest BCUT2D eigenvalue weighted by molar-refractivity contribution is -0.00392. The molecule has 2 aliphatic heterocycles. The third-order valence-corrected chi connectivity index (χ3v) is 8.90. The van der Waals surface area contributed by atoms with Crippen molar-refractivity contribution >= 4 is 13.2 Å². The van der Waals surface area contributed by atoms with Gasteiger partial charge in [-0.2, -0.15) is 0 Å². The first-order valence-electron chi connectivity index (χ1n) is 14.4. The molecule has 0 spiro atoms. The number of halogens is 1. The van der Waals surface area contributed by atoms with Gasteiger partial charge < -0.3 is 18.9 Å². The molecule has 2 saturated heterocycles. The van der Waals surface area contributed by atoms with Crippen LogP contribution < -0.4 is 0 Å². The third-order valence-electron chi connectivity index (χ3n) is 8.90. The van der Waals surface area contributed by atoms with Crippen molar-refractivity contribution in [1.29, 1.82) is 0 Å². The van der Waals surface area contributed by atoms with Crippen LogP contribution in [0.1, 0.15) is 78.9 Å². The van der Waals surface area contributed by atoms with E-state index in [-0.39, 0.29) is 17.7 Å². The lowest BCUT2D eigenvalue weighted by Gasteiger charge is -2.47. The number of amides is 1. The van der Waals surface area contributed by atoms with Crippen molar-refractivity contribution in [2.24, 2.45) is 5.92 Å². The predicted molar refractivity (Wildman–Crippen MR) is 158 cm³/mol. The first kappa shape index (κ1) is 30.5. The molecular weight excluding hydrogens is 506 g/mol. The summed E-state index contributed by atoms with van der Waals surface area (Å²) in [6.07, 6.45) is 0.493. The molecule has 0 N–H and O–H groups in total. The van der Waals surface area contributed by atoms with E-state index in [2.05, 4.69) is 11.9 Å². The monoisotopic (exact) mass is 552 g/mol. The summed E-state index contributed by atoms with van der Waals surface area (Å²) in [4.78, 5) is 18.4. The SMILES string of the molecule is CN1CC[C@@H](c2ccc(F)cc2)[C@H](CN(C(=O)OC(C)(C)C)[C@@](C)(B2OC(C)(C)C(C)(C)O2)c2ccccc2)C1. The number of hydrogen-bond acceptors (Lipinski definition) is 5. The minimum atomic E-state index is -1.00. The maximum absolute atomic E-state index is 14.2. The van der Waals surface area contributed by atoms with Gasteiger partial charge in [0.05, 0.1) is 11.2 Å². The van der Waals surface area contributed by atoms with Crippen LogP contribution in [0.15, 0.2) is 54.6 Å². The number of benzene rings is 2. The normalized spacial score (nSPS) is 24.4. The summed E-state index contributed by atoms with van der Waals surface area (Å²) in [6.45, 7) is 17.9. The van der Waals surface area contributed by atoms with Crippen LogP contribution in [0.25, 0.3) is 0 Å². The fourth-order valence-electron chi connectivity index (χ4n) is 5.82.